The fourth-order valence-corrected chi connectivity index (χ4v) is 2.90. The van der Waals surface area contributed by atoms with E-state index in [4.69, 9.17) is 4.42 Å². The van der Waals surface area contributed by atoms with Crippen LogP contribution in [-0.2, 0) is 11.3 Å². The first-order chi connectivity index (χ1) is 11.3. The maximum Gasteiger partial charge on any atom is 0.230 e. The second-order valence-electron chi connectivity index (χ2n) is 4.82. The number of thioether (sulfide) groups is 1. The van der Waals surface area contributed by atoms with Crippen molar-refractivity contribution < 1.29 is 9.21 Å². The van der Waals surface area contributed by atoms with Crippen LogP contribution in [-0.4, -0.2) is 33.5 Å². The normalized spacial score (nSPS) is 10.7. The number of carbonyl (C=O) groups excluding carboxylic acids is 1. The summed E-state index contributed by atoms with van der Waals surface area (Å²) in [5.74, 6) is 1.55. The number of carbonyl (C=O) groups is 1. The summed E-state index contributed by atoms with van der Waals surface area (Å²) in [7, 11) is 1.62. The van der Waals surface area contributed by atoms with E-state index in [1.807, 2.05) is 47.0 Å². The van der Waals surface area contributed by atoms with Crippen molar-refractivity contribution in [2.24, 2.45) is 0 Å². The van der Waals surface area contributed by atoms with Gasteiger partial charge in [0.05, 0.1) is 18.6 Å². The summed E-state index contributed by atoms with van der Waals surface area (Å²) in [6.07, 6.45) is 1.61. The van der Waals surface area contributed by atoms with Crippen LogP contribution in [0.15, 0.2) is 58.3 Å². The van der Waals surface area contributed by atoms with Crippen molar-refractivity contribution in [3.8, 4) is 11.6 Å². The summed E-state index contributed by atoms with van der Waals surface area (Å²) in [6.45, 7) is 0.611. The average Bonchev–Trinajstić information content (AvgIpc) is 3.23. The lowest BCUT2D eigenvalue weighted by Gasteiger charge is -2.09. The Morgan fingerprint density at radius 1 is 1.22 bits per heavy atom. The van der Waals surface area contributed by atoms with Crippen LogP contribution in [0, 0.1) is 0 Å². The highest BCUT2D eigenvalue weighted by molar-refractivity contribution is 7.99. The molecule has 1 amide bonds. The summed E-state index contributed by atoms with van der Waals surface area (Å²) in [5.41, 5.74) is 1.13. The first-order valence-electron chi connectivity index (χ1n) is 7.12. The molecule has 0 saturated carbocycles. The van der Waals surface area contributed by atoms with Gasteiger partial charge in [-0.05, 0) is 17.7 Å². The van der Waals surface area contributed by atoms with Gasteiger partial charge < -0.3 is 9.73 Å². The maximum atomic E-state index is 11.5. The zero-order valence-corrected chi connectivity index (χ0v) is 13.4. The number of aromatic nitrogens is 3. The highest BCUT2D eigenvalue weighted by Gasteiger charge is 2.17. The molecule has 0 aliphatic carbocycles. The van der Waals surface area contributed by atoms with Gasteiger partial charge in [0.1, 0.15) is 0 Å². The monoisotopic (exact) mass is 328 g/mol. The van der Waals surface area contributed by atoms with Gasteiger partial charge in [-0.25, -0.2) is 0 Å². The topological polar surface area (TPSA) is 73.0 Å². The third kappa shape index (κ3) is 3.62. The third-order valence-electron chi connectivity index (χ3n) is 3.25. The van der Waals surface area contributed by atoms with Crippen molar-refractivity contribution >= 4 is 17.7 Å². The second-order valence-corrected chi connectivity index (χ2v) is 5.76. The van der Waals surface area contributed by atoms with Crippen LogP contribution >= 0.6 is 11.8 Å². The number of hydrogen-bond acceptors (Lipinski definition) is 5. The number of nitrogens with zero attached hydrogens (tertiary/aromatic N) is 3. The van der Waals surface area contributed by atoms with Crippen LogP contribution in [0.2, 0.25) is 0 Å². The second kappa shape index (κ2) is 7.15. The molecular formula is C16H16N4O2S. The molecule has 0 unspecified atom stereocenters. The Kier molecular flexibility index (Phi) is 4.77. The van der Waals surface area contributed by atoms with Crippen molar-refractivity contribution in [2.45, 2.75) is 11.7 Å². The van der Waals surface area contributed by atoms with E-state index in [2.05, 4.69) is 15.5 Å². The Balaban J connectivity index is 1.91. The van der Waals surface area contributed by atoms with Gasteiger partial charge in [-0.3, -0.25) is 9.36 Å². The molecule has 2 aromatic heterocycles. The van der Waals surface area contributed by atoms with E-state index < -0.39 is 0 Å². The molecule has 3 aromatic rings. The Hall–Kier alpha value is -2.54. The fourth-order valence-electron chi connectivity index (χ4n) is 2.09. The van der Waals surface area contributed by atoms with Gasteiger partial charge in [-0.1, -0.05) is 42.1 Å². The van der Waals surface area contributed by atoms with Crippen LogP contribution in [0.3, 0.4) is 0 Å². The van der Waals surface area contributed by atoms with Crippen molar-refractivity contribution in [1.82, 2.24) is 20.1 Å². The van der Waals surface area contributed by atoms with E-state index in [0.717, 1.165) is 5.56 Å². The quantitative estimate of drug-likeness (QED) is 0.704. The molecule has 0 saturated heterocycles. The van der Waals surface area contributed by atoms with Crippen LogP contribution in [0.1, 0.15) is 5.56 Å². The van der Waals surface area contributed by atoms with Gasteiger partial charge in [0.15, 0.2) is 10.9 Å². The first-order valence-corrected chi connectivity index (χ1v) is 8.11. The number of hydrogen-bond donors (Lipinski definition) is 1. The SMILES string of the molecule is CNC(=O)CSc1nnc(-c2ccco2)n1Cc1ccccc1. The predicted molar refractivity (Wildman–Crippen MR) is 88.1 cm³/mol. The van der Waals surface area contributed by atoms with E-state index >= 15 is 0 Å². The largest absolute Gasteiger partial charge is 0.461 e. The first kappa shape index (κ1) is 15.4. The van der Waals surface area contributed by atoms with Crippen molar-refractivity contribution in [1.29, 1.82) is 0 Å². The zero-order valence-electron chi connectivity index (χ0n) is 12.6. The zero-order chi connectivity index (χ0) is 16.1. The maximum absolute atomic E-state index is 11.5. The summed E-state index contributed by atoms with van der Waals surface area (Å²) < 4.78 is 7.41. The molecule has 2 heterocycles. The van der Waals surface area contributed by atoms with Gasteiger partial charge in [-0.2, -0.15) is 0 Å². The molecule has 0 spiro atoms. The molecule has 23 heavy (non-hydrogen) atoms. The Bertz CT molecular complexity index is 769. The lowest BCUT2D eigenvalue weighted by Crippen LogP contribution is -2.20. The molecule has 0 fully saturated rings. The summed E-state index contributed by atoms with van der Waals surface area (Å²) >= 11 is 1.35. The molecule has 0 aliphatic rings. The Labute approximate surface area is 137 Å². The minimum Gasteiger partial charge on any atom is -0.461 e. The molecule has 118 valence electrons. The van der Waals surface area contributed by atoms with Crippen LogP contribution in [0.4, 0.5) is 0 Å². The van der Waals surface area contributed by atoms with Crippen molar-refractivity contribution in [3.63, 3.8) is 0 Å². The molecule has 0 bridgehead atoms. The van der Waals surface area contributed by atoms with E-state index in [-0.39, 0.29) is 5.91 Å². The Morgan fingerprint density at radius 2 is 2.04 bits per heavy atom. The summed E-state index contributed by atoms with van der Waals surface area (Å²) in [4.78, 5) is 11.5. The van der Waals surface area contributed by atoms with Gasteiger partial charge in [-0.15, -0.1) is 10.2 Å². The number of rotatable bonds is 6. The van der Waals surface area contributed by atoms with Crippen LogP contribution in [0.25, 0.3) is 11.6 Å². The van der Waals surface area contributed by atoms with E-state index in [0.29, 0.717) is 29.0 Å². The van der Waals surface area contributed by atoms with Gasteiger partial charge in [0.25, 0.3) is 0 Å². The van der Waals surface area contributed by atoms with Gasteiger partial charge in [0, 0.05) is 7.05 Å². The van der Waals surface area contributed by atoms with Crippen LogP contribution < -0.4 is 5.32 Å². The van der Waals surface area contributed by atoms with Gasteiger partial charge in [0.2, 0.25) is 11.7 Å². The third-order valence-corrected chi connectivity index (χ3v) is 4.22. The lowest BCUT2D eigenvalue weighted by atomic mass is 10.2. The van der Waals surface area contributed by atoms with Crippen molar-refractivity contribution in [3.05, 3.63) is 54.3 Å². The minimum absolute atomic E-state index is 0.0520. The van der Waals surface area contributed by atoms with Crippen LogP contribution in [0.5, 0.6) is 0 Å². The molecule has 0 atom stereocenters. The molecule has 3 rings (SSSR count). The molecule has 7 heteroatoms. The van der Waals surface area contributed by atoms with E-state index in [1.54, 1.807) is 13.3 Å². The molecule has 6 nitrogen and oxygen atoms in total. The fraction of sp³-hybridized carbons (Fsp3) is 0.188. The smallest absolute Gasteiger partial charge is 0.230 e. The molecule has 1 aromatic carbocycles. The van der Waals surface area contributed by atoms with Gasteiger partial charge >= 0.3 is 0 Å². The summed E-state index contributed by atoms with van der Waals surface area (Å²) in [6, 6.07) is 13.7. The molecular weight excluding hydrogens is 312 g/mol. The lowest BCUT2D eigenvalue weighted by molar-refractivity contribution is -0.118. The number of furan rings is 1. The molecule has 1 N–H and O–H groups in total. The standard InChI is InChI=1S/C16H16N4O2S/c1-17-14(21)11-23-16-19-18-15(13-8-5-9-22-13)20(16)10-12-6-3-2-4-7-12/h2-9H,10-11H2,1H3,(H,17,21). The van der Waals surface area contributed by atoms with E-state index in [1.165, 1.54) is 11.8 Å². The summed E-state index contributed by atoms with van der Waals surface area (Å²) in [5, 5.41) is 11.7. The minimum atomic E-state index is -0.0520. The van der Waals surface area contributed by atoms with Crippen molar-refractivity contribution in [2.75, 3.05) is 12.8 Å². The molecule has 0 aliphatic heterocycles. The highest BCUT2D eigenvalue weighted by atomic mass is 32.2. The molecule has 0 radical (unpaired) electrons. The average molecular weight is 328 g/mol. The Morgan fingerprint density at radius 3 is 2.74 bits per heavy atom. The predicted octanol–water partition coefficient (Wildman–Crippen LogP) is 2.42. The highest BCUT2D eigenvalue weighted by Crippen LogP contribution is 2.25. The van der Waals surface area contributed by atoms with E-state index in [9.17, 15) is 4.79 Å². The number of nitrogens with one attached hydrogen (secondary N) is 1. The number of benzene rings is 1. The number of amides is 1.